The van der Waals surface area contributed by atoms with E-state index in [1.807, 2.05) is 0 Å². The molecule has 0 amide bonds. The van der Waals surface area contributed by atoms with Gasteiger partial charge in [0.1, 0.15) is 4.90 Å². The molecule has 0 saturated carbocycles. The van der Waals surface area contributed by atoms with Crippen LogP contribution in [-0.2, 0) is 16.2 Å². The van der Waals surface area contributed by atoms with Crippen molar-refractivity contribution in [3.63, 3.8) is 0 Å². The summed E-state index contributed by atoms with van der Waals surface area (Å²) in [6.07, 6.45) is -3.43. The van der Waals surface area contributed by atoms with Crippen LogP contribution in [0.1, 0.15) is 17.2 Å². The molecule has 0 saturated heterocycles. The molecular weight excluding hydrogens is 333 g/mol. The average Bonchev–Trinajstić information content (AvgIpc) is 2.53. The fourth-order valence-corrected chi connectivity index (χ4v) is 2.82. The predicted octanol–water partition coefficient (Wildman–Crippen LogP) is 2.11. The van der Waals surface area contributed by atoms with E-state index in [9.17, 15) is 26.7 Å². The maximum atomic E-state index is 12.6. The van der Waals surface area contributed by atoms with Gasteiger partial charge in [-0.15, -0.1) is 0 Å². The first kappa shape index (κ1) is 17.4. The van der Waals surface area contributed by atoms with Gasteiger partial charge in [-0.3, -0.25) is 4.98 Å². The van der Waals surface area contributed by atoms with Crippen LogP contribution in [0.5, 0.6) is 0 Å². The normalized spacial score (nSPS) is 13.7. The minimum atomic E-state index is -4.54. The van der Waals surface area contributed by atoms with E-state index < -0.39 is 34.4 Å². The smallest absolute Gasteiger partial charge is 0.387 e. The summed E-state index contributed by atoms with van der Waals surface area (Å²) < 4.78 is 63.9. The molecule has 5 nitrogen and oxygen atoms in total. The number of aliphatic hydroxyl groups excluding tert-OH is 1. The zero-order chi connectivity index (χ0) is 17.1. The van der Waals surface area contributed by atoms with E-state index in [1.54, 1.807) is 0 Å². The van der Waals surface area contributed by atoms with Crippen molar-refractivity contribution in [1.29, 1.82) is 0 Å². The van der Waals surface area contributed by atoms with Crippen molar-refractivity contribution in [3.8, 4) is 0 Å². The first-order valence-corrected chi connectivity index (χ1v) is 7.93. The monoisotopic (exact) mass is 346 g/mol. The first-order valence-electron chi connectivity index (χ1n) is 6.45. The topological polar surface area (TPSA) is 79.3 Å². The van der Waals surface area contributed by atoms with E-state index in [1.165, 1.54) is 24.4 Å². The van der Waals surface area contributed by atoms with Gasteiger partial charge in [-0.25, -0.2) is 13.1 Å². The zero-order valence-electron chi connectivity index (χ0n) is 11.7. The number of nitrogens with zero attached hydrogens (tertiary/aromatic N) is 1. The Kier molecular flexibility index (Phi) is 5.03. The van der Waals surface area contributed by atoms with Gasteiger partial charge in [0, 0.05) is 18.9 Å². The predicted molar refractivity (Wildman–Crippen MR) is 75.8 cm³/mol. The Balaban J connectivity index is 2.10. The summed E-state index contributed by atoms with van der Waals surface area (Å²) in [6, 6.07) is 6.83. The molecule has 9 heteroatoms. The van der Waals surface area contributed by atoms with Crippen molar-refractivity contribution in [3.05, 3.63) is 59.9 Å². The molecule has 0 spiro atoms. The molecule has 2 aromatic rings. The standard InChI is InChI=1S/C14H13F3N2O3S/c15-14(16,17)11-4-1-3-10(7-11)13(20)9-19-23(21,22)12-5-2-6-18-8-12/h1-8,13,19-20H,9H2. The number of rotatable bonds is 5. The summed E-state index contributed by atoms with van der Waals surface area (Å²) in [6.45, 7) is -0.460. The first-order chi connectivity index (χ1) is 10.7. The van der Waals surface area contributed by atoms with Crippen molar-refractivity contribution in [2.75, 3.05) is 6.54 Å². The summed E-state index contributed by atoms with van der Waals surface area (Å²) >= 11 is 0. The molecule has 23 heavy (non-hydrogen) atoms. The number of hydrogen-bond acceptors (Lipinski definition) is 4. The second kappa shape index (κ2) is 6.65. The van der Waals surface area contributed by atoms with Crippen LogP contribution in [0.3, 0.4) is 0 Å². The van der Waals surface area contributed by atoms with E-state index in [0.29, 0.717) is 0 Å². The minimum absolute atomic E-state index is 0.0336. The van der Waals surface area contributed by atoms with Gasteiger partial charge in [-0.2, -0.15) is 13.2 Å². The van der Waals surface area contributed by atoms with Crippen molar-refractivity contribution < 1.29 is 26.7 Å². The lowest BCUT2D eigenvalue weighted by atomic mass is 10.1. The number of benzene rings is 1. The highest BCUT2D eigenvalue weighted by Gasteiger charge is 2.31. The second-order valence-corrected chi connectivity index (χ2v) is 6.45. The molecule has 124 valence electrons. The number of hydrogen-bond donors (Lipinski definition) is 2. The molecule has 0 aliphatic heterocycles. The van der Waals surface area contributed by atoms with Gasteiger partial charge >= 0.3 is 6.18 Å². The van der Waals surface area contributed by atoms with Crippen LogP contribution >= 0.6 is 0 Å². The summed E-state index contributed by atoms with van der Waals surface area (Å²) in [5, 5.41) is 9.91. The zero-order valence-corrected chi connectivity index (χ0v) is 12.5. The molecule has 1 atom stereocenters. The lowest BCUT2D eigenvalue weighted by molar-refractivity contribution is -0.137. The Bertz CT molecular complexity index is 764. The Hall–Kier alpha value is -1.97. The molecule has 0 radical (unpaired) electrons. The molecule has 1 aromatic heterocycles. The van der Waals surface area contributed by atoms with Crippen molar-refractivity contribution in [1.82, 2.24) is 9.71 Å². The molecule has 0 aliphatic rings. The highest BCUT2D eigenvalue weighted by atomic mass is 32.2. The molecule has 1 aromatic carbocycles. The Morgan fingerprint density at radius 3 is 2.57 bits per heavy atom. The lowest BCUT2D eigenvalue weighted by Gasteiger charge is -2.14. The van der Waals surface area contributed by atoms with Gasteiger partial charge in [0.05, 0.1) is 11.7 Å². The summed E-state index contributed by atoms with van der Waals surface area (Å²) in [5.41, 5.74) is -0.946. The van der Waals surface area contributed by atoms with Crippen LogP contribution in [0.4, 0.5) is 13.2 Å². The number of halogens is 3. The van der Waals surface area contributed by atoms with Gasteiger partial charge < -0.3 is 5.11 Å². The summed E-state index contributed by atoms with van der Waals surface area (Å²) in [4.78, 5) is 3.57. The van der Waals surface area contributed by atoms with Crippen molar-refractivity contribution in [2.24, 2.45) is 0 Å². The molecular formula is C14H13F3N2O3S. The molecule has 2 N–H and O–H groups in total. The second-order valence-electron chi connectivity index (χ2n) is 4.68. The van der Waals surface area contributed by atoms with Crippen LogP contribution in [0.2, 0.25) is 0 Å². The number of pyridine rings is 1. The molecule has 1 unspecified atom stereocenters. The summed E-state index contributed by atoms with van der Waals surface area (Å²) in [5.74, 6) is 0. The minimum Gasteiger partial charge on any atom is -0.387 e. The average molecular weight is 346 g/mol. The van der Waals surface area contributed by atoms with Crippen LogP contribution in [0, 0.1) is 0 Å². The Morgan fingerprint density at radius 2 is 1.96 bits per heavy atom. The van der Waals surface area contributed by atoms with Crippen LogP contribution < -0.4 is 4.72 Å². The number of aromatic nitrogens is 1. The van der Waals surface area contributed by atoms with E-state index >= 15 is 0 Å². The quantitative estimate of drug-likeness (QED) is 0.869. The highest BCUT2D eigenvalue weighted by Crippen LogP contribution is 2.30. The third-order valence-corrected chi connectivity index (χ3v) is 4.42. The fourth-order valence-electron chi connectivity index (χ4n) is 1.82. The lowest BCUT2D eigenvalue weighted by Crippen LogP contribution is -2.28. The van der Waals surface area contributed by atoms with Gasteiger partial charge in [-0.05, 0) is 29.8 Å². The third kappa shape index (κ3) is 4.50. The third-order valence-electron chi connectivity index (χ3n) is 3.01. The SMILES string of the molecule is O=S(=O)(NCC(O)c1cccc(C(F)(F)F)c1)c1cccnc1. The maximum absolute atomic E-state index is 12.6. The summed E-state index contributed by atoms with van der Waals surface area (Å²) in [7, 11) is -3.90. The number of aliphatic hydroxyl groups is 1. The molecule has 0 bridgehead atoms. The van der Waals surface area contributed by atoms with E-state index in [2.05, 4.69) is 9.71 Å². The van der Waals surface area contributed by atoms with Crippen LogP contribution in [0.15, 0.2) is 53.7 Å². The highest BCUT2D eigenvalue weighted by molar-refractivity contribution is 7.89. The number of sulfonamides is 1. The van der Waals surface area contributed by atoms with E-state index in [0.717, 1.165) is 24.4 Å². The number of alkyl halides is 3. The molecule has 2 rings (SSSR count). The largest absolute Gasteiger partial charge is 0.416 e. The van der Waals surface area contributed by atoms with Crippen LogP contribution in [0.25, 0.3) is 0 Å². The van der Waals surface area contributed by atoms with Gasteiger partial charge in [0.2, 0.25) is 10.0 Å². The molecule has 0 fully saturated rings. The van der Waals surface area contributed by atoms with Crippen LogP contribution in [-0.4, -0.2) is 25.1 Å². The number of nitrogens with one attached hydrogen (secondary N) is 1. The maximum Gasteiger partial charge on any atom is 0.416 e. The van der Waals surface area contributed by atoms with E-state index in [-0.39, 0.29) is 10.5 Å². The molecule has 1 heterocycles. The van der Waals surface area contributed by atoms with Crippen molar-refractivity contribution >= 4 is 10.0 Å². The molecule has 0 aliphatic carbocycles. The van der Waals surface area contributed by atoms with Gasteiger partial charge in [0.15, 0.2) is 0 Å². The Labute approximate surface area is 130 Å². The van der Waals surface area contributed by atoms with Crippen molar-refractivity contribution in [2.45, 2.75) is 17.2 Å². The Morgan fingerprint density at radius 1 is 1.22 bits per heavy atom. The van der Waals surface area contributed by atoms with Gasteiger partial charge in [0.25, 0.3) is 0 Å². The van der Waals surface area contributed by atoms with E-state index in [4.69, 9.17) is 0 Å². The van der Waals surface area contributed by atoms with Gasteiger partial charge in [-0.1, -0.05) is 12.1 Å². The fraction of sp³-hybridized carbons (Fsp3) is 0.214.